The number of hydrazone groups is 1. The number of pyridine rings is 1. The molecule has 3 aromatic carbocycles. The molecule has 0 saturated carbocycles. The Balaban J connectivity index is 1.55. The van der Waals surface area contributed by atoms with Gasteiger partial charge in [0.15, 0.2) is 6.61 Å². The molecule has 0 atom stereocenters. The second-order valence-electron chi connectivity index (χ2n) is 7.01. The van der Waals surface area contributed by atoms with Crippen molar-refractivity contribution in [3.05, 3.63) is 94.5 Å². The third-order valence-corrected chi connectivity index (χ3v) is 5.34. The van der Waals surface area contributed by atoms with Gasteiger partial charge in [-0.15, -0.1) is 0 Å². The fourth-order valence-corrected chi connectivity index (χ4v) is 3.71. The lowest BCUT2D eigenvalue weighted by Crippen LogP contribution is -2.18. The molecule has 0 aliphatic rings. The predicted molar refractivity (Wildman–Crippen MR) is 130 cm³/mol. The highest BCUT2D eigenvalue weighted by molar-refractivity contribution is 9.10. The first kappa shape index (κ1) is 22.2. The van der Waals surface area contributed by atoms with Crippen molar-refractivity contribution in [2.75, 3.05) is 6.61 Å². The first-order valence-electron chi connectivity index (χ1n) is 9.94. The largest absolute Gasteiger partial charge is 0.481 e. The van der Waals surface area contributed by atoms with Crippen LogP contribution in [0, 0.1) is 0 Å². The van der Waals surface area contributed by atoms with Gasteiger partial charge in [-0.25, -0.2) is 15.2 Å². The third-order valence-electron chi connectivity index (χ3n) is 4.72. The van der Waals surface area contributed by atoms with Crippen LogP contribution < -0.4 is 10.2 Å². The van der Waals surface area contributed by atoms with E-state index in [1.807, 2.05) is 54.6 Å². The van der Waals surface area contributed by atoms with Gasteiger partial charge in [-0.05, 0) is 51.8 Å². The summed E-state index contributed by atoms with van der Waals surface area (Å²) in [7, 11) is 0. The van der Waals surface area contributed by atoms with Crippen molar-refractivity contribution in [3.8, 4) is 17.0 Å². The molecule has 164 valence electrons. The Morgan fingerprint density at radius 2 is 1.79 bits per heavy atom. The summed E-state index contributed by atoms with van der Waals surface area (Å²) in [5.74, 6) is -1.02. The Morgan fingerprint density at radius 1 is 1.03 bits per heavy atom. The molecule has 0 unspecified atom stereocenters. The monoisotopic (exact) mass is 503 g/mol. The van der Waals surface area contributed by atoms with Crippen LogP contribution in [0.4, 0.5) is 0 Å². The number of carbonyl (C=O) groups excluding carboxylic acids is 1. The number of nitrogens with one attached hydrogen (secondary N) is 1. The minimum Gasteiger partial charge on any atom is -0.481 e. The first-order chi connectivity index (χ1) is 16.0. The van der Waals surface area contributed by atoms with Gasteiger partial charge in [-0.2, -0.15) is 5.10 Å². The number of rotatable bonds is 7. The predicted octanol–water partition coefficient (Wildman–Crippen LogP) is 4.89. The smallest absolute Gasteiger partial charge is 0.341 e. The number of aliphatic carboxylic acids is 1. The van der Waals surface area contributed by atoms with E-state index in [1.54, 1.807) is 24.3 Å². The van der Waals surface area contributed by atoms with Gasteiger partial charge >= 0.3 is 5.97 Å². The van der Waals surface area contributed by atoms with Gasteiger partial charge < -0.3 is 9.84 Å². The fraction of sp³-hybridized carbons (Fsp3) is 0.0400. The molecule has 0 fully saturated rings. The van der Waals surface area contributed by atoms with E-state index in [1.165, 1.54) is 6.21 Å². The SMILES string of the molecule is O=C(O)COc1ccc(/C=N/NC(=O)c2cc(-c3ccccc3)nc3ccccc23)cc1Br. The Bertz CT molecular complexity index is 1360. The van der Waals surface area contributed by atoms with E-state index in [0.29, 0.717) is 32.6 Å². The first-order valence-corrected chi connectivity index (χ1v) is 10.7. The van der Waals surface area contributed by atoms with Gasteiger partial charge in [0.25, 0.3) is 5.91 Å². The number of carboxylic acid groups (broad SMARTS) is 1. The van der Waals surface area contributed by atoms with Crippen LogP contribution in [0.25, 0.3) is 22.2 Å². The fourth-order valence-electron chi connectivity index (χ4n) is 3.20. The number of amides is 1. The second kappa shape index (κ2) is 10.1. The van der Waals surface area contributed by atoms with E-state index < -0.39 is 12.6 Å². The molecule has 1 aromatic heterocycles. The number of halogens is 1. The number of hydrogen-bond donors (Lipinski definition) is 2. The number of benzene rings is 3. The number of carboxylic acids is 1. The Kier molecular flexibility index (Phi) is 6.75. The van der Waals surface area contributed by atoms with Crippen LogP contribution in [0.15, 0.2) is 88.4 Å². The van der Waals surface area contributed by atoms with Crippen molar-refractivity contribution >= 4 is 44.9 Å². The number of para-hydroxylation sites is 1. The molecule has 33 heavy (non-hydrogen) atoms. The third kappa shape index (κ3) is 5.42. The highest BCUT2D eigenvalue weighted by atomic mass is 79.9. The number of carbonyl (C=O) groups is 2. The maximum absolute atomic E-state index is 13.0. The number of fused-ring (bicyclic) bond motifs is 1. The molecule has 0 aliphatic carbocycles. The maximum atomic E-state index is 13.0. The van der Waals surface area contributed by atoms with Crippen LogP contribution in [-0.4, -0.2) is 34.8 Å². The van der Waals surface area contributed by atoms with Gasteiger partial charge in [0.2, 0.25) is 0 Å². The van der Waals surface area contributed by atoms with Crippen LogP contribution in [-0.2, 0) is 4.79 Å². The maximum Gasteiger partial charge on any atom is 0.341 e. The number of ether oxygens (including phenoxy) is 1. The Morgan fingerprint density at radius 3 is 2.55 bits per heavy atom. The highest BCUT2D eigenvalue weighted by Gasteiger charge is 2.13. The summed E-state index contributed by atoms with van der Waals surface area (Å²) < 4.78 is 5.75. The van der Waals surface area contributed by atoms with Gasteiger partial charge in [0.05, 0.1) is 27.5 Å². The summed E-state index contributed by atoms with van der Waals surface area (Å²) in [6.07, 6.45) is 1.49. The molecule has 0 radical (unpaired) electrons. The van der Waals surface area contributed by atoms with E-state index in [0.717, 1.165) is 10.9 Å². The van der Waals surface area contributed by atoms with Gasteiger partial charge in [0.1, 0.15) is 5.75 Å². The van der Waals surface area contributed by atoms with Crippen molar-refractivity contribution in [1.82, 2.24) is 10.4 Å². The van der Waals surface area contributed by atoms with Crippen LogP contribution in [0.3, 0.4) is 0 Å². The lowest BCUT2D eigenvalue weighted by molar-refractivity contribution is -0.139. The molecule has 2 N–H and O–H groups in total. The molecule has 0 saturated heterocycles. The summed E-state index contributed by atoms with van der Waals surface area (Å²) in [6, 6.07) is 23.9. The molecule has 0 bridgehead atoms. The van der Waals surface area contributed by atoms with Gasteiger partial charge in [-0.1, -0.05) is 48.5 Å². The number of nitrogens with zero attached hydrogens (tertiary/aromatic N) is 2. The summed E-state index contributed by atoms with van der Waals surface area (Å²) in [5.41, 5.74) is 6.06. The molecule has 7 nitrogen and oxygen atoms in total. The average Bonchev–Trinajstić information content (AvgIpc) is 2.83. The standard InChI is InChI=1S/C25H18BrN3O4/c26-20-12-16(10-11-23(20)33-15-24(30)31)14-27-29-25(32)19-13-22(17-6-2-1-3-7-17)28-21-9-5-4-8-18(19)21/h1-14H,15H2,(H,29,32)(H,30,31)/b27-14+. The minimum absolute atomic E-state index is 0.359. The molecule has 1 amide bonds. The molecule has 4 aromatic rings. The molecular formula is C25H18BrN3O4. The molecule has 8 heteroatoms. The molecular weight excluding hydrogens is 486 g/mol. The van der Waals surface area contributed by atoms with E-state index >= 15 is 0 Å². The van der Waals surface area contributed by atoms with Crippen molar-refractivity contribution in [2.24, 2.45) is 5.10 Å². The van der Waals surface area contributed by atoms with Crippen LogP contribution in [0.2, 0.25) is 0 Å². The molecule has 0 aliphatic heterocycles. The lowest BCUT2D eigenvalue weighted by atomic mass is 10.0. The van der Waals surface area contributed by atoms with Crippen molar-refractivity contribution in [2.45, 2.75) is 0 Å². The normalized spacial score (nSPS) is 10.9. The second-order valence-corrected chi connectivity index (χ2v) is 7.86. The van der Waals surface area contributed by atoms with Crippen LogP contribution in [0.1, 0.15) is 15.9 Å². The average molecular weight is 504 g/mol. The van der Waals surface area contributed by atoms with E-state index in [4.69, 9.17) is 9.84 Å². The molecule has 1 heterocycles. The van der Waals surface area contributed by atoms with Crippen molar-refractivity contribution < 1.29 is 19.4 Å². The summed E-state index contributed by atoms with van der Waals surface area (Å²) in [5, 5.41) is 13.5. The minimum atomic E-state index is -1.06. The molecule has 4 rings (SSSR count). The quantitative estimate of drug-likeness (QED) is 0.276. The summed E-state index contributed by atoms with van der Waals surface area (Å²) >= 11 is 3.34. The highest BCUT2D eigenvalue weighted by Crippen LogP contribution is 2.26. The lowest BCUT2D eigenvalue weighted by Gasteiger charge is -2.09. The zero-order valence-corrected chi connectivity index (χ0v) is 18.8. The summed E-state index contributed by atoms with van der Waals surface area (Å²) in [6.45, 7) is -0.438. The number of aromatic nitrogens is 1. The van der Waals surface area contributed by atoms with E-state index in [9.17, 15) is 9.59 Å². The zero-order valence-electron chi connectivity index (χ0n) is 17.2. The number of hydrogen-bond acceptors (Lipinski definition) is 5. The van der Waals surface area contributed by atoms with E-state index in [2.05, 4.69) is 31.4 Å². The molecule has 0 spiro atoms. The Labute approximate surface area is 197 Å². The zero-order chi connectivity index (χ0) is 23.2. The van der Waals surface area contributed by atoms with Crippen LogP contribution >= 0.6 is 15.9 Å². The van der Waals surface area contributed by atoms with Crippen molar-refractivity contribution in [3.63, 3.8) is 0 Å². The topological polar surface area (TPSA) is 101 Å². The van der Waals surface area contributed by atoms with Gasteiger partial charge in [-0.3, -0.25) is 4.79 Å². The van der Waals surface area contributed by atoms with Gasteiger partial charge in [0, 0.05) is 10.9 Å². The Hall–Kier alpha value is -4.04. The van der Waals surface area contributed by atoms with Crippen molar-refractivity contribution in [1.29, 1.82) is 0 Å². The summed E-state index contributed by atoms with van der Waals surface area (Å²) in [4.78, 5) is 28.3. The van der Waals surface area contributed by atoms with E-state index in [-0.39, 0.29) is 5.91 Å². The van der Waals surface area contributed by atoms with Crippen LogP contribution in [0.5, 0.6) is 5.75 Å².